The molecule has 0 radical (unpaired) electrons. The maximum atomic E-state index is 12.6. The fraction of sp³-hybridized carbons (Fsp3) is 0.938. The first-order valence-corrected chi connectivity index (χ1v) is 7.86. The maximum absolute atomic E-state index is 12.6. The minimum atomic E-state index is 0. The van der Waals surface area contributed by atoms with Gasteiger partial charge >= 0.3 is 0 Å². The minimum absolute atomic E-state index is 0. The molecule has 1 atom stereocenters. The lowest BCUT2D eigenvalue weighted by molar-refractivity contribution is -0.135. The second-order valence-corrected chi connectivity index (χ2v) is 7.04. The normalized spacial score (nSPS) is 18.2. The van der Waals surface area contributed by atoms with Gasteiger partial charge in [-0.05, 0) is 43.7 Å². The summed E-state index contributed by atoms with van der Waals surface area (Å²) < 4.78 is 0. The monoisotopic (exact) mass is 304 g/mol. The predicted molar refractivity (Wildman–Crippen MR) is 88.4 cm³/mol. The Balaban J connectivity index is 0.00000361. The highest BCUT2D eigenvalue weighted by Gasteiger charge is 2.28. The number of carbonyl (C=O) groups is 1. The lowest BCUT2D eigenvalue weighted by Crippen LogP contribution is -2.47. The Labute approximate surface area is 131 Å². The van der Waals surface area contributed by atoms with Gasteiger partial charge in [-0.15, -0.1) is 12.4 Å². The van der Waals surface area contributed by atoms with Gasteiger partial charge in [0.15, 0.2) is 0 Å². The molecule has 4 heteroatoms. The fourth-order valence-corrected chi connectivity index (χ4v) is 2.56. The van der Waals surface area contributed by atoms with Crippen molar-refractivity contribution in [2.24, 2.45) is 11.3 Å². The zero-order valence-electron chi connectivity index (χ0n) is 13.9. The van der Waals surface area contributed by atoms with E-state index in [2.05, 4.69) is 44.8 Å². The highest BCUT2D eigenvalue weighted by molar-refractivity contribution is 5.85. The van der Waals surface area contributed by atoms with Crippen molar-refractivity contribution >= 4 is 18.3 Å². The molecule has 1 amide bonds. The Morgan fingerprint density at radius 3 is 2.30 bits per heavy atom. The molecule has 1 fully saturated rings. The molecule has 0 bridgehead atoms. The smallest absolute Gasteiger partial charge is 0.223 e. The molecule has 1 N–H and O–H groups in total. The number of hydrogen-bond acceptors (Lipinski definition) is 2. The molecule has 1 heterocycles. The van der Waals surface area contributed by atoms with Crippen LogP contribution in [-0.2, 0) is 4.79 Å². The van der Waals surface area contributed by atoms with Crippen LogP contribution >= 0.6 is 12.4 Å². The molecule has 0 aromatic carbocycles. The first kappa shape index (κ1) is 19.7. The van der Waals surface area contributed by atoms with Gasteiger partial charge in [0.1, 0.15) is 0 Å². The third-order valence-corrected chi connectivity index (χ3v) is 4.49. The summed E-state index contributed by atoms with van der Waals surface area (Å²) in [5.41, 5.74) is 0.210. The number of rotatable bonds is 5. The third-order valence-electron chi connectivity index (χ3n) is 4.49. The SMILES string of the molecule is CCCN(C(=O)CC(C)C(C)(C)C)C1CCNCC1.Cl. The lowest BCUT2D eigenvalue weighted by Gasteiger charge is -2.36. The molecule has 1 saturated heterocycles. The number of carbonyl (C=O) groups excluding carboxylic acids is 1. The Hall–Kier alpha value is -0.280. The van der Waals surface area contributed by atoms with E-state index in [0.717, 1.165) is 38.9 Å². The molecule has 0 spiro atoms. The molecule has 1 aliphatic rings. The molecule has 20 heavy (non-hydrogen) atoms. The first-order chi connectivity index (χ1) is 8.86. The van der Waals surface area contributed by atoms with Crippen molar-refractivity contribution in [3.63, 3.8) is 0 Å². The van der Waals surface area contributed by atoms with Crippen LogP contribution in [0.3, 0.4) is 0 Å². The van der Waals surface area contributed by atoms with Crippen molar-refractivity contribution in [3.8, 4) is 0 Å². The summed E-state index contributed by atoms with van der Waals surface area (Å²) in [5, 5.41) is 3.38. The van der Waals surface area contributed by atoms with Crippen molar-refractivity contribution in [1.29, 1.82) is 0 Å². The summed E-state index contributed by atoms with van der Waals surface area (Å²) in [6.45, 7) is 14.0. The van der Waals surface area contributed by atoms with E-state index in [0.29, 0.717) is 24.3 Å². The van der Waals surface area contributed by atoms with Gasteiger partial charge in [-0.3, -0.25) is 4.79 Å². The van der Waals surface area contributed by atoms with Crippen LogP contribution in [0.25, 0.3) is 0 Å². The molecule has 1 unspecified atom stereocenters. The maximum Gasteiger partial charge on any atom is 0.223 e. The molecule has 0 aromatic rings. The van der Waals surface area contributed by atoms with Gasteiger partial charge in [0, 0.05) is 19.0 Å². The van der Waals surface area contributed by atoms with Crippen LogP contribution < -0.4 is 5.32 Å². The van der Waals surface area contributed by atoms with Crippen LogP contribution in [0.5, 0.6) is 0 Å². The van der Waals surface area contributed by atoms with E-state index in [1.54, 1.807) is 0 Å². The molecule has 0 aliphatic carbocycles. The predicted octanol–water partition coefficient (Wildman–Crippen LogP) is 3.47. The highest BCUT2D eigenvalue weighted by Crippen LogP contribution is 2.29. The summed E-state index contributed by atoms with van der Waals surface area (Å²) in [5.74, 6) is 0.789. The van der Waals surface area contributed by atoms with Gasteiger partial charge in [-0.25, -0.2) is 0 Å². The Kier molecular flexibility index (Phi) is 8.76. The van der Waals surface area contributed by atoms with Crippen molar-refractivity contribution in [3.05, 3.63) is 0 Å². The van der Waals surface area contributed by atoms with Crippen molar-refractivity contribution in [1.82, 2.24) is 10.2 Å². The van der Waals surface area contributed by atoms with E-state index in [1.807, 2.05) is 0 Å². The first-order valence-electron chi connectivity index (χ1n) is 7.86. The van der Waals surface area contributed by atoms with E-state index in [-0.39, 0.29) is 17.8 Å². The molecule has 1 aliphatic heterocycles. The zero-order valence-corrected chi connectivity index (χ0v) is 14.7. The van der Waals surface area contributed by atoms with Gasteiger partial charge in [-0.2, -0.15) is 0 Å². The largest absolute Gasteiger partial charge is 0.340 e. The number of nitrogens with zero attached hydrogens (tertiary/aromatic N) is 1. The zero-order chi connectivity index (χ0) is 14.5. The Morgan fingerprint density at radius 2 is 1.85 bits per heavy atom. The second kappa shape index (κ2) is 8.89. The number of hydrogen-bond donors (Lipinski definition) is 1. The second-order valence-electron chi connectivity index (χ2n) is 7.04. The Bertz CT molecular complexity index is 283. The minimum Gasteiger partial charge on any atom is -0.340 e. The van der Waals surface area contributed by atoms with Crippen LogP contribution in [0.1, 0.15) is 60.3 Å². The van der Waals surface area contributed by atoms with Crippen LogP contribution in [0, 0.1) is 11.3 Å². The standard InChI is InChI=1S/C16H32N2O.ClH/c1-6-11-18(14-7-9-17-10-8-14)15(19)12-13(2)16(3,4)5;/h13-14,17H,6-12H2,1-5H3;1H. The number of piperidine rings is 1. The number of halogens is 1. The number of nitrogens with one attached hydrogen (secondary N) is 1. The summed E-state index contributed by atoms with van der Waals surface area (Å²) in [4.78, 5) is 14.8. The van der Waals surface area contributed by atoms with Crippen LogP contribution in [0.15, 0.2) is 0 Å². The van der Waals surface area contributed by atoms with E-state index < -0.39 is 0 Å². The van der Waals surface area contributed by atoms with Crippen molar-refractivity contribution < 1.29 is 4.79 Å². The summed E-state index contributed by atoms with van der Waals surface area (Å²) in [7, 11) is 0. The highest BCUT2D eigenvalue weighted by atomic mass is 35.5. The van der Waals surface area contributed by atoms with Crippen LogP contribution in [-0.4, -0.2) is 36.5 Å². The van der Waals surface area contributed by atoms with Crippen molar-refractivity contribution in [2.75, 3.05) is 19.6 Å². The van der Waals surface area contributed by atoms with E-state index in [9.17, 15) is 4.79 Å². The van der Waals surface area contributed by atoms with Gasteiger partial charge < -0.3 is 10.2 Å². The third kappa shape index (κ3) is 6.01. The Morgan fingerprint density at radius 1 is 1.30 bits per heavy atom. The molecule has 0 saturated carbocycles. The van der Waals surface area contributed by atoms with Gasteiger partial charge in [0.2, 0.25) is 5.91 Å². The fourth-order valence-electron chi connectivity index (χ4n) is 2.56. The molecular weight excluding hydrogens is 272 g/mol. The molecule has 120 valence electrons. The summed E-state index contributed by atoms with van der Waals surface area (Å²) >= 11 is 0. The topological polar surface area (TPSA) is 32.3 Å². The summed E-state index contributed by atoms with van der Waals surface area (Å²) in [6, 6.07) is 0.459. The molecule has 3 nitrogen and oxygen atoms in total. The average molecular weight is 305 g/mol. The van der Waals surface area contributed by atoms with E-state index in [1.165, 1.54) is 0 Å². The average Bonchev–Trinajstić information content (AvgIpc) is 2.35. The van der Waals surface area contributed by atoms with Crippen LogP contribution in [0.2, 0.25) is 0 Å². The van der Waals surface area contributed by atoms with Crippen LogP contribution in [0.4, 0.5) is 0 Å². The van der Waals surface area contributed by atoms with Crippen molar-refractivity contribution in [2.45, 2.75) is 66.3 Å². The van der Waals surface area contributed by atoms with Gasteiger partial charge in [0.05, 0.1) is 0 Å². The van der Waals surface area contributed by atoms with E-state index >= 15 is 0 Å². The number of amides is 1. The summed E-state index contributed by atoms with van der Waals surface area (Å²) in [6.07, 6.45) is 3.96. The molecule has 1 rings (SSSR count). The molecule has 0 aromatic heterocycles. The van der Waals surface area contributed by atoms with Gasteiger partial charge in [-0.1, -0.05) is 34.6 Å². The lowest BCUT2D eigenvalue weighted by atomic mass is 9.80. The van der Waals surface area contributed by atoms with Gasteiger partial charge in [0.25, 0.3) is 0 Å². The molecular formula is C16H33ClN2O. The van der Waals surface area contributed by atoms with E-state index in [4.69, 9.17) is 0 Å². The quantitative estimate of drug-likeness (QED) is 0.843.